The average molecular weight is 480 g/mol. The summed E-state index contributed by atoms with van der Waals surface area (Å²) in [5, 5.41) is 9.60. The third-order valence-corrected chi connectivity index (χ3v) is 7.91. The van der Waals surface area contributed by atoms with Gasteiger partial charge in [0, 0.05) is 6.42 Å². The van der Waals surface area contributed by atoms with Crippen molar-refractivity contribution in [3.63, 3.8) is 0 Å². The predicted octanol–water partition coefficient (Wildman–Crippen LogP) is 5.43. The molecule has 1 atom stereocenters. The van der Waals surface area contributed by atoms with Crippen molar-refractivity contribution in [3.05, 3.63) is 77.9 Å². The van der Waals surface area contributed by atoms with Crippen LogP contribution in [0, 0.1) is 19.3 Å². The number of fused-ring (bicyclic) bond motifs is 1. The monoisotopic (exact) mass is 479 g/mol. The topological polar surface area (TPSA) is 83.9 Å². The second-order valence-corrected chi connectivity index (χ2v) is 11.4. The number of carbonyl (C=O) groups is 1. The molecule has 6 nitrogen and oxygen atoms in total. The highest BCUT2D eigenvalue weighted by Gasteiger charge is 2.39. The smallest absolute Gasteiger partial charge is 0.309 e. The van der Waals surface area contributed by atoms with Gasteiger partial charge in [-0.1, -0.05) is 48.0 Å². The van der Waals surface area contributed by atoms with Gasteiger partial charge in [0.05, 0.1) is 22.5 Å². The van der Waals surface area contributed by atoms with Gasteiger partial charge in [0.25, 0.3) is 10.0 Å². The predicted molar refractivity (Wildman–Crippen MR) is 133 cm³/mol. The Morgan fingerprint density at radius 1 is 1.00 bits per heavy atom. The number of rotatable bonds is 6. The van der Waals surface area contributed by atoms with Gasteiger partial charge >= 0.3 is 5.97 Å². The average Bonchev–Trinajstić information content (AvgIpc) is 2.78. The number of aliphatic carboxylic acids is 1. The minimum absolute atomic E-state index is 0.0251. The minimum Gasteiger partial charge on any atom is -0.486 e. The molecule has 3 aromatic carbocycles. The highest BCUT2D eigenvalue weighted by atomic mass is 32.2. The van der Waals surface area contributed by atoms with Crippen LogP contribution >= 0.6 is 0 Å². The number of hydrogen-bond donors (Lipinski definition) is 1. The summed E-state index contributed by atoms with van der Waals surface area (Å²) in [7, 11) is -3.91. The van der Waals surface area contributed by atoms with E-state index in [1.165, 1.54) is 4.31 Å². The zero-order valence-electron chi connectivity index (χ0n) is 19.8. The standard InChI is InChI=1S/C27H29NO5S/c1-18-7-5-9-20(13-18)21-11-12-25-24(15-21)28(17-22(33-25)16-27(3,4)26(29)30)34(31,32)23-10-6-8-19(2)14-23/h5-15,22H,16-17H2,1-4H3,(H,29,30)/t22-/m0/s1. The van der Waals surface area contributed by atoms with E-state index in [1.54, 1.807) is 38.1 Å². The molecule has 0 aliphatic carbocycles. The molecule has 0 radical (unpaired) electrons. The Morgan fingerprint density at radius 2 is 1.65 bits per heavy atom. The number of aryl methyl sites for hydroxylation is 2. The number of nitrogens with zero attached hydrogens (tertiary/aromatic N) is 1. The molecule has 0 bridgehead atoms. The van der Waals surface area contributed by atoms with Crippen molar-refractivity contribution in [1.82, 2.24) is 0 Å². The second-order valence-electron chi connectivity index (χ2n) is 9.54. The molecule has 0 amide bonds. The third-order valence-electron chi connectivity index (χ3n) is 6.14. The van der Waals surface area contributed by atoms with Gasteiger partial charge in [-0.05, 0) is 68.7 Å². The van der Waals surface area contributed by atoms with E-state index in [4.69, 9.17) is 4.74 Å². The lowest BCUT2D eigenvalue weighted by molar-refractivity contribution is -0.148. The van der Waals surface area contributed by atoms with Crippen LogP contribution in [0.1, 0.15) is 31.4 Å². The van der Waals surface area contributed by atoms with Crippen LogP contribution in [-0.4, -0.2) is 32.1 Å². The number of carboxylic acids is 1. The molecular weight excluding hydrogens is 450 g/mol. The highest BCUT2D eigenvalue weighted by Crippen LogP contribution is 2.41. The van der Waals surface area contributed by atoms with Crippen LogP contribution in [0.2, 0.25) is 0 Å². The second kappa shape index (κ2) is 8.80. The van der Waals surface area contributed by atoms with Crippen molar-refractivity contribution in [3.8, 4) is 16.9 Å². The van der Waals surface area contributed by atoms with Crippen LogP contribution in [0.15, 0.2) is 71.6 Å². The van der Waals surface area contributed by atoms with Crippen LogP contribution in [-0.2, 0) is 14.8 Å². The SMILES string of the molecule is Cc1cccc(-c2ccc3c(c2)N(S(=O)(=O)c2cccc(C)c2)C[C@H](CC(C)(C)C(=O)O)O3)c1. The zero-order chi connectivity index (χ0) is 24.7. The maximum absolute atomic E-state index is 13.8. The van der Waals surface area contributed by atoms with Crippen molar-refractivity contribution in [2.24, 2.45) is 5.41 Å². The first-order chi connectivity index (χ1) is 16.0. The van der Waals surface area contributed by atoms with E-state index in [1.807, 2.05) is 56.3 Å². The first-order valence-electron chi connectivity index (χ1n) is 11.2. The fourth-order valence-corrected chi connectivity index (χ4v) is 5.81. The summed E-state index contributed by atoms with van der Waals surface area (Å²) in [6, 6.07) is 20.3. The van der Waals surface area contributed by atoms with Crippen molar-refractivity contribution in [2.75, 3.05) is 10.8 Å². The lowest BCUT2D eigenvalue weighted by atomic mass is 9.86. The highest BCUT2D eigenvalue weighted by molar-refractivity contribution is 7.92. The molecule has 178 valence electrons. The molecule has 0 unspecified atom stereocenters. The van der Waals surface area contributed by atoms with Gasteiger partial charge in [0.15, 0.2) is 0 Å². The quantitative estimate of drug-likeness (QED) is 0.510. The van der Waals surface area contributed by atoms with E-state index in [-0.39, 0.29) is 17.9 Å². The summed E-state index contributed by atoms with van der Waals surface area (Å²) in [5.41, 5.74) is 3.18. The molecule has 3 aromatic rings. The first kappa shape index (κ1) is 23.8. The number of ether oxygens (including phenoxy) is 1. The lowest BCUT2D eigenvalue weighted by Gasteiger charge is -2.38. The molecule has 1 heterocycles. The number of hydrogen-bond acceptors (Lipinski definition) is 4. The summed E-state index contributed by atoms with van der Waals surface area (Å²) in [6.07, 6.45) is -0.440. The number of carboxylic acid groups (broad SMARTS) is 1. The van der Waals surface area contributed by atoms with Crippen LogP contribution in [0.4, 0.5) is 5.69 Å². The Labute approximate surface area is 200 Å². The number of sulfonamides is 1. The lowest BCUT2D eigenvalue weighted by Crippen LogP contribution is -2.46. The fraction of sp³-hybridized carbons (Fsp3) is 0.296. The zero-order valence-corrected chi connectivity index (χ0v) is 20.6. The molecular formula is C27H29NO5S. The summed E-state index contributed by atoms with van der Waals surface area (Å²) >= 11 is 0. The summed E-state index contributed by atoms with van der Waals surface area (Å²) in [4.78, 5) is 11.9. The van der Waals surface area contributed by atoms with Crippen molar-refractivity contribution >= 4 is 21.7 Å². The van der Waals surface area contributed by atoms with Crippen molar-refractivity contribution in [1.29, 1.82) is 0 Å². The van der Waals surface area contributed by atoms with Crippen LogP contribution < -0.4 is 9.04 Å². The van der Waals surface area contributed by atoms with Gasteiger partial charge in [0.1, 0.15) is 11.9 Å². The van der Waals surface area contributed by atoms with Gasteiger partial charge in [-0.2, -0.15) is 0 Å². The van der Waals surface area contributed by atoms with Gasteiger partial charge in [-0.15, -0.1) is 0 Å². The fourth-order valence-electron chi connectivity index (χ4n) is 4.21. The molecule has 1 aliphatic heterocycles. The first-order valence-corrected chi connectivity index (χ1v) is 12.6. The maximum Gasteiger partial charge on any atom is 0.309 e. The summed E-state index contributed by atoms with van der Waals surface area (Å²) in [6.45, 7) is 7.12. The Balaban J connectivity index is 1.82. The van der Waals surface area contributed by atoms with Gasteiger partial charge in [0.2, 0.25) is 0 Å². The van der Waals surface area contributed by atoms with E-state index in [9.17, 15) is 18.3 Å². The van der Waals surface area contributed by atoms with E-state index in [0.717, 1.165) is 22.3 Å². The van der Waals surface area contributed by atoms with E-state index in [0.29, 0.717) is 11.4 Å². The Kier molecular flexibility index (Phi) is 6.16. The Morgan fingerprint density at radius 3 is 2.29 bits per heavy atom. The van der Waals surface area contributed by atoms with E-state index in [2.05, 4.69) is 0 Å². The molecule has 4 rings (SSSR count). The van der Waals surface area contributed by atoms with Gasteiger partial charge in [-0.25, -0.2) is 8.42 Å². The number of anilines is 1. The van der Waals surface area contributed by atoms with E-state index >= 15 is 0 Å². The molecule has 0 saturated carbocycles. The van der Waals surface area contributed by atoms with E-state index < -0.39 is 27.5 Å². The molecule has 0 aromatic heterocycles. The Hall–Kier alpha value is -3.32. The van der Waals surface area contributed by atoms with Crippen LogP contribution in [0.5, 0.6) is 5.75 Å². The summed E-state index contributed by atoms with van der Waals surface area (Å²) < 4.78 is 35.1. The maximum atomic E-state index is 13.8. The Bertz CT molecular complexity index is 1350. The van der Waals surface area contributed by atoms with Crippen LogP contribution in [0.25, 0.3) is 11.1 Å². The molecule has 1 aliphatic rings. The molecule has 0 saturated heterocycles. The molecule has 0 fully saturated rings. The number of benzene rings is 3. The van der Waals surface area contributed by atoms with Gasteiger partial charge in [-0.3, -0.25) is 9.10 Å². The van der Waals surface area contributed by atoms with Gasteiger partial charge < -0.3 is 9.84 Å². The minimum atomic E-state index is -3.91. The molecule has 34 heavy (non-hydrogen) atoms. The molecule has 0 spiro atoms. The molecule has 7 heteroatoms. The van der Waals surface area contributed by atoms with Crippen molar-refractivity contribution < 1.29 is 23.1 Å². The van der Waals surface area contributed by atoms with Crippen LogP contribution in [0.3, 0.4) is 0 Å². The normalized spacial score (nSPS) is 16.0. The van der Waals surface area contributed by atoms with Crippen molar-refractivity contribution in [2.45, 2.75) is 45.1 Å². The summed E-state index contributed by atoms with van der Waals surface area (Å²) in [5.74, 6) is -0.533. The third kappa shape index (κ3) is 4.66. The largest absolute Gasteiger partial charge is 0.486 e. The molecule has 1 N–H and O–H groups in total.